The Hall–Kier alpha value is -3.21. The molecule has 0 unspecified atom stereocenters. The maximum Gasteiger partial charge on any atom is 0.365 e. The molecule has 5 heteroatoms. The Morgan fingerprint density at radius 2 is 1.82 bits per heavy atom. The highest BCUT2D eigenvalue weighted by Gasteiger charge is 2.09. The molecule has 0 spiro atoms. The number of nitrogens with two attached hydrogens (primary N) is 1. The summed E-state index contributed by atoms with van der Waals surface area (Å²) < 4.78 is 0. The largest absolute Gasteiger partial charge is 0.380 e. The van der Waals surface area contributed by atoms with Crippen molar-refractivity contribution in [3.05, 3.63) is 78.1 Å². The highest BCUT2D eigenvalue weighted by atomic mass is 16.7. The van der Waals surface area contributed by atoms with Crippen molar-refractivity contribution < 1.29 is 14.6 Å². The van der Waals surface area contributed by atoms with E-state index < -0.39 is 5.97 Å². The number of H-pyrrole nitrogens is 1. The molecule has 22 heavy (non-hydrogen) atoms. The lowest BCUT2D eigenvalue weighted by Gasteiger charge is -2.02. The summed E-state index contributed by atoms with van der Waals surface area (Å²) in [4.78, 5) is 19.8. The van der Waals surface area contributed by atoms with Gasteiger partial charge in [-0.2, -0.15) is 0 Å². The van der Waals surface area contributed by atoms with Gasteiger partial charge >= 0.3 is 5.97 Å². The number of nitrogens with zero attached hydrogens (tertiary/aromatic N) is 1. The van der Waals surface area contributed by atoms with Crippen molar-refractivity contribution in [2.75, 3.05) is 0 Å². The molecule has 3 N–H and O–H groups in total. The first-order chi connectivity index (χ1) is 10.7. The van der Waals surface area contributed by atoms with E-state index in [-0.39, 0.29) is 5.84 Å². The fraction of sp³-hybridized carbons (Fsp3) is 0. The van der Waals surface area contributed by atoms with Crippen molar-refractivity contribution in [1.29, 1.82) is 0 Å². The summed E-state index contributed by atoms with van der Waals surface area (Å²) >= 11 is 0. The quantitative estimate of drug-likeness (QED) is 0.347. The number of pyridine rings is 1. The Labute approximate surface area is 127 Å². The number of fused-ring (bicyclic) bond motifs is 1. The average molecular weight is 292 g/mol. The summed E-state index contributed by atoms with van der Waals surface area (Å²) in [5.74, 6) is -0.417. The first-order valence-electron chi connectivity index (χ1n) is 6.74. The third-order valence-electron chi connectivity index (χ3n) is 3.21. The zero-order valence-corrected chi connectivity index (χ0v) is 11.7. The zero-order chi connectivity index (χ0) is 15.4. The standard InChI is InChI=1S/C17H13N3O2/c18-16(15-6-3-9-19-11-15)20-22-17(21)14-8-7-12-4-1-2-5-13(12)10-14/h1-11H,(H2,18,20)/p+1. The first-order valence-corrected chi connectivity index (χ1v) is 6.74. The van der Waals surface area contributed by atoms with Crippen molar-refractivity contribution in [3.63, 3.8) is 0 Å². The van der Waals surface area contributed by atoms with Gasteiger partial charge < -0.3 is 10.6 Å². The van der Waals surface area contributed by atoms with E-state index in [1.807, 2.05) is 30.3 Å². The number of aromatic amines is 1. The smallest absolute Gasteiger partial charge is 0.365 e. The Bertz CT molecular complexity index is 845. The number of oxime groups is 1. The van der Waals surface area contributed by atoms with Crippen LogP contribution in [0.5, 0.6) is 0 Å². The van der Waals surface area contributed by atoms with Crippen LogP contribution in [0.15, 0.2) is 72.1 Å². The second kappa shape index (κ2) is 6.05. The van der Waals surface area contributed by atoms with Gasteiger partial charge in [-0.25, -0.2) is 9.78 Å². The minimum Gasteiger partial charge on any atom is -0.380 e. The van der Waals surface area contributed by atoms with Gasteiger partial charge in [0.1, 0.15) is 0 Å². The molecule has 1 aromatic heterocycles. The van der Waals surface area contributed by atoms with Gasteiger partial charge in [-0.15, -0.1) is 0 Å². The van der Waals surface area contributed by atoms with Crippen LogP contribution < -0.4 is 10.7 Å². The van der Waals surface area contributed by atoms with Crippen LogP contribution in [0.25, 0.3) is 10.8 Å². The third-order valence-corrected chi connectivity index (χ3v) is 3.21. The molecule has 0 aliphatic carbocycles. The average Bonchev–Trinajstić information content (AvgIpc) is 2.59. The van der Waals surface area contributed by atoms with E-state index in [1.54, 1.807) is 36.7 Å². The Balaban J connectivity index is 1.78. The van der Waals surface area contributed by atoms with Gasteiger partial charge in [0.25, 0.3) is 0 Å². The fourth-order valence-corrected chi connectivity index (χ4v) is 2.06. The number of benzene rings is 2. The van der Waals surface area contributed by atoms with E-state index >= 15 is 0 Å². The molecule has 1 heterocycles. The van der Waals surface area contributed by atoms with Gasteiger partial charge in [-0.05, 0) is 29.0 Å². The van der Waals surface area contributed by atoms with E-state index in [9.17, 15) is 4.79 Å². The fourth-order valence-electron chi connectivity index (χ4n) is 2.06. The summed E-state index contributed by atoms with van der Waals surface area (Å²) in [6, 6.07) is 16.7. The molecule has 0 radical (unpaired) electrons. The molecule has 3 rings (SSSR count). The van der Waals surface area contributed by atoms with E-state index in [1.165, 1.54) is 0 Å². The predicted molar refractivity (Wildman–Crippen MR) is 83.1 cm³/mol. The van der Waals surface area contributed by atoms with Crippen molar-refractivity contribution in [2.45, 2.75) is 0 Å². The molecular weight excluding hydrogens is 278 g/mol. The van der Waals surface area contributed by atoms with Crippen LogP contribution >= 0.6 is 0 Å². The molecule has 0 saturated heterocycles. The molecule has 0 saturated carbocycles. The molecule has 0 aliphatic rings. The normalized spacial score (nSPS) is 11.4. The number of carbonyl (C=O) groups excluding carboxylic acids is 1. The van der Waals surface area contributed by atoms with Crippen molar-refractivity contribution in [3.8, 4) is 0 Å². The Morgan fingerprint density at radius 3 is 2.59 bits per heavy atom. The first kappa shape index (κ1) is 13.8. The molecule has 0 amide bonds. The summed E-state index contributed by atoms with van der Waals surface area (Å²) in [6.07, 6.45) is 3.42. The summed E-state index contributed by atoms with van der Waals surface area (Å²) in [5.41, 5.74) is 6.84. The highest BCUT2D eigenvalue weighted by molar-refractivity contribution is 5.98. The second-order valence-electron chi connectivity index (χ2n) is 4.71. The maximum atomic E-state index is 12.0. The van der Waals surface area contributed by atoms with Gasteiger partial charge in [0.2, 0.25) is 0 Å². The number of rotatable bonds is 3. The van der Waals surface area contributed by atoms with E-state index in [4.69, 9.17) is 10.6 Å². The van der Waals surface area contributed by atoms with Gasteiger partial charge in [-0.1, -0.05) is 35.5 Å². The van der Waals surface area contributed by atoms with Gasteiger partial charge in [-0.3, -0.25) is 0 Å². The Kier molecular flexibility index (Phi) is 3.78. The third kappa shape index (κ3) is 2.93. The van der Waals surface area contributed by atoms with Crippen molar-refractivity contribution >= 4 is 22.6 Å². The molecule has 3 aromatic rings. The molecule has 5 nitrogen and oxygen atoms in total. The maximum absolute atomic E-state index is 12.0. The lowest BCUT2D eigenvalue weighted by molar-refractivity contribution is -0.378. The van der Waals surface area contributed by atoms with E-state index in [2.05, 4.69) is 10.1 Å². The number of amidine groups is 1. The number of hydrogen-bond donors (Lipinski definition) is 1. The van der Waals surface area contributed by atoms with Crippen LogP contribution in [0.3, 0.4) is 0 Å². The molecule has 0 aliphatic heterocycles. The van der Waals surface area contributed by atoms with Crippen molar-refractivity contribution in [1.82, 2.24) is 0 Å². The van der Waals surface area contributed by atoms with Crippen LogP contribution in [0.4, 0.5) is 0 Å². The van der Waals surface area contributed by atoms with E-state index in [0.717, 1.165) is 10.8 Å². The zero-order valence-electron chi connectivity index (χ0n) is 11.7. The minimum atomic E-state index is -0.548. The van der Waals surface area contributed by atoms with E-state index in [0.29, 0.717) is 11.1 Å². The lowest BCUT2D eigenvalue weighted by Crippen LogP contribution is -2.17. The van der Waals surface area contributed by atoms with Crippen LogP contribution in [-0.2, 0) is 4.84 Å². The van der Waals surface area contributed by atoms with Crippen LogP contribution in [0.2, 0.25) is 0 Å². The molecule has 0 atom stereocenters. The van der Waals surface area contributed by atoms with Crippen LogP contribution in [0, 0.1) is 0 Å². The number of carbonyl (C=O) groups is 1. The molecule has 0 fully saturated rings. The Morgan fingerprint density at radius 1 is 1.00 bits per heavy atom. The molecular formula is C17H14N3O2+. The summed E-state index contributed by atoms with van der Waals surface area (Å²) in [7, 11) is 0. The van der Waals surface area contributed by atoms with Crippen molar-refractivity contribution in [2.24, 2.45) is 10.9 Å². The predicted octanol–water partition coefficient (Wildman–Crippen LogP) is 2.13. The molecule has 0 bridgehead atoms. The van der Waals surface area contributed by atoms with Gasteiger partial charge in [0, 0.05) is 6.07 Å². The van der Waals surface area contributed by atoms with Crippen LogP contribution in [0.1, 0.15) is 15.9 Å². The number of aromatic nitrogens is 1. The van der Waals surface area contributed by atoms with Crippen LogP contribution in [-0.4, -0.2) is 11.8 Å². The highest BCUT2D eigenvalue weighted by Crippen LogP contribution is 2.16. The molecule has 2 aromatic carbocycles. The summed E-state index contributed by atoms with van der Waals surface area (Å²) in [6.45, 7) is 0. The lowest BCUT2D eigenvalue weighted by atomic mass is 10.1. The summed E-state index contributed by atoms with van der Waals surface area (Å²) in [5, 5.41) is 5.70. The topological polar surface area (TPSA) is 78.8 Å². The molecule has 108 valence electrons. The number of nitrogens with one attached hydrogen (secondary N) is 1. The SMILES string of the molecule is NC(=NOC(=O)c1ccc2ccccc2c1)c1ccc[nH+]c1. The number of hydrogen-bond acceptors (Lipinski definition) is 3. The minimum absolute atomic E-state index is 0.131. The second-order valence-corrected chi connectivity index (χ2v) is 4.71. The monoisotopic (exact) mass is 292 g/mol. The van der Waals surface area contributed by atoms with Gasteiger partial charge in [0.05, 0.1) is 11.1 Å². The van der Waals surface area contributed by atoms with Gasteiger partial charge in [0.15, 0.2) is 18.2 Å².